The molecule has 1 rings (SSSR count). The average Bonchev–Trinajstić information content (AvgIpc) is 2.04. The van der Waals surface area contributed by atoms with E-state index in [1.54, 1.807) is 0 Å². The van der Waals surface area contributed by atoms with E-state index < -0.39 is 5.91 Å². The van der Waals surface area contributed by atoms with Gasteiger partial charge in [-0.05, 0) is 30.9 Å². The molecule has 0 saturated carbocycles. The van der Waals surface area contributed by atoms with Crippen LogP contribution in [0.4, 0.5) is 0 Å². The van der Waals surface area contributed by atoms with Gasteiger partial charge in [-0.25, -0.2) is 0 Å². The summed E-state index contributed by atoms with van der Waals surface area (Å²) in [6, 6.07) is 0. The Balaban J connectivity index is 2.88. The van der Waals surface area contributed by atoms with Crippen LogP contribution in [0.2, 0.25) is 0 Å². The minimum absolute atomic E-state index is 0.220. The first-order valence-electron chi connectivity index (χ1n) is 4.06. The Morgan fingerprint density at radius 2 is 2.33 bits per heavy atom. The summed E-state index contributed by atoms with van der Waals surface area (Å²) < 4.78 is 0. The van der Waals surface area contributed by atoms with E-state index in [0.717, 1.165) is 18.4 Å². The molecular formula is C9H13NO2. The monoisotopic (exact) mass is 167 g/mol. The van der Waals surface area contributed by atoms with Crippen molar-refractivity contribution < 1.29 is 9.90 Å². The van der Waals surface area contributed by atoms with Crippen LogP contribution in [0.5, 0.6) is 0 Å². The van der Waals surface area contributed by atoms with E-state index in [4.69, 9.17) is 5.73 Å². The largest absolute Gasteiger partial charge is 0.508 e. The van der Waals surface area contributed by atoms with E-state index in [1.165, 1.54) is 6.08 Å². The molecule has 0 aromatic heterocycles. The predicted octanol–water partition coefficient (Wildman–Crippen LogP) is 1.41. The molecule has 0 aliphatic heterocycles. The molecule has 3 N–H and O–H groups in total. The zero-order valence-electron chi connectivity index (χ0n) is 7.13. The van der Waals surface area contributed by atoms with Gasteiger partial charge in [0.2, 0.25) is 5.91 Å². The second kappa shape index (κ2) is 3.43. The van der Waals surface area contributed by atoms with Gasteiger partial charge in [0.25, 0.3) is 0 Å². The number of aliphatic hydroxyl groups is 1. The Morgan fingerprint density at radius 3 is 2.75 bits per heavy atom. The number of carbonyl (C=O) groups excluding carboxylic acids is 1. The lowest BCUT2D eigenvalue weighted by Crippen LogP contribution is -2.16. The summed E-state index contributed by atoms with van der Waals surface area (Å²) in [5.74, 6) is -0.214. The fourth-order valence-corrected chi connectivity index (χ4v) is 1.31. The lowest BCUT2D eigenvalue weighted by molar-refractivity contribution is -0.114. The van der Waals surface area contributed by atoms with Crippen molar-refractivity contribution in [2.75, 3.05) is 0 Å². The van der Waals surface area contributed by atoms with E-state index in [1.807, 2.05) is 6.92 Å². The highest BCUT2D eigenvalue weighted by molar-refractivity contribution is 5.92. The minimum atomic E-state index is -0.434. The third kappa shape index (κ3) is 1.67. The van der Waals surface area contributed by atoms with Crippen molar-refractivity contribution in [1.82, 2.24) is 0 Å². The Labute approximate surface area is 71.6 Å². The maximum atomic E-state index is 10.7. The number of allylic oxidation sites excluding steroid dienone is 2. The molecule has 1 aliphatic carbocycles. The van der Waals surface area contributed by atoms with Gasteiger partial charge in [-0.15, -0.1) is 0 Å². The summed E-state index contributed by atoms with van der Waals surface area (Å²) in [5, 5.41) is 9.38. The number of carbonyl (C=O) groups is 1. The van der Waals surface area contributed by atoms with Crippen molar-refractivity contribution in [2.24, 2.45) is 5.73 Å². The third-order valence-corrected chi connectivity index (χ3v) is 2.11. The topological polar surface area (TPSA) is 63.3 Å². The second-order valence-corrected chi connectivity index (χ2v) is 2.88. The molecule has 1 amide bonds. The van der Waals surface area contributed by atoms with E-state index in [2.05, 4.69) is 0 Å². The predicted molar refractivity (Wildman–Crippen MR) is 46.5 cm³/mol. The Kier molecular flexibility index (Phi) is 2.53. The van der Waals surface area contributed by atoms with Crippen molar-refractivity contribution in [3.8, 4) is 0 Å². The third-order valence-electron chi connectivity index (χ3n) is 2.11. The Morgan fingerprint density at radius 1 is 1.67 bits per heavy atom. The highest BCUT2D eigenvalue weighted by atomic mass is 16.3. The van der Waals surface area contributed by atoms with Crippen LogP contribution < -0.4 is 5.73 Å². The molecule has 0 fully saturated rings. The molecular weight excluding hydrogens is 154 g/mol. The molecule has 0 unspecified atom stereocenters. The van der Waals surface area contributed by atoms with Gasteiger partial charge in [0.05, 0.1) is 0 Å². The molecule has 3 heteroatoms. The van der Waals surface area contributed by atoms with Gasteiger partial charge in [-0.1, -0.05) is 6.92 Å². The first kappa shape index (κ1) is 8.84. The number of hydrogen-bond acceptors (Lipinski definition) is 2. The zero-order chi connectivity index (χ0) is 9.14. The summed E-state index contributed by atoms with van der Waals surface area (Å²) in [6.45, 7) is 1.98. The van der Waals surface area contributed by atoms with Crippen LogP contribution in [0.3, 0.4) is 0 Å². The van der Waals surface area contributed by atoms with Crippen LogP contribution in [0, 0.1) is 0 Å². The number of hydrogen-bond donors (Lipinski definition) is 2. The van der Waals surface area contributed by atoms with Crippen LogP contribution in [0.1, 0.15) is 26.2 Å². The first-order chi connectivity index (χ1) is 5.65. The smallest absolute Gasteiger partial charge is 0.244 e. The zero-order valence-corrected chi connectivity index (χ0v) is 7.13. The number of rotatable bonds is 2. The van der Waals surface area contributed by atoms with Crippen molar-refractivity contribution in [3.05, 3.63) is 23.0 Å². The SMILES string of the molecule is CCC1=C(O)C=C(C(N)=O)CC1. The quantitative estimate of drug-likeness (QED) is 0.653. The Hall–Kier alpha value is -1.25. The molecule has 0 radical (unpaired) electrons. The first-order valence-corrected chi connectivity index (χ1v) is 4.06. The van der Waals surface area contributed by atoms with Gasteiger partial charge in [0.15, 0.2) is 0 Å². The summed E-state index contributed by atoms with van der Waals surface area (Å²) in [4.78, 5) is 10.7. The maximum absolute atomic E-state index is 10.7. The van der Waals surface area contributed by atoms with Crippen molar-refractivity contribution in [1.29, 1.82) is 0 Å². The average molecular weight is 167 g/mol. The van der Waals surface area contributed by atoms with Crippen molar-refractivity contribution >= 4 is 5.91 Å². The normalized spacial score (nSPS) is 17.6. The van der Waals surface area contributed by atoms with Crippen LogP contribution in [-0.4, -0.2) is 11.0 Å². The molecule has 0 saturated heterocycles. The van der Waals surface area contributed by atoms with Gasteiger partial charge >= 0.3 is 0 Å². The molecule has 1 aliphatic rings. The number of nitrogens with two attached hydrogens (primary N) is 1. The van der Waals surface area contributed by atoms with E-state index in [9.17, 15) is 9.90 Å². The summed E-state index contributed by atoms with van der Waals surface area (Å²) in [5.41, 5.74) is 6.59. The van der Waals surface area contributed by atoms with Gasteiger partial charge in [0, 0.05) is 5.57 Å². The van der Waals surface area contributed by atoms with Crippen molar-refractivity contribution in [2.45, 2.75) is 26.2 Å². The van der Waals surface area contributed by atoms with Gasteiger partial charge in [-0.2, -0.15) is 0 Å². The Bertz CT molecular complexity index is 264. The van der Waals surface area contributed by atoms with Crippen LogP contribution >= 0.6 is 0 Å². The maximum Gasteiger partial charge on any atom is 0.244 e. The number of primary amides is 1. The lowest BCUT2D eigenvalue weighted by atomic mass is 9.95. The highest BCUT2D eigenvalue weighted by Gasteiger charge is 2.14. The minimum Gasteiger partial charge on any atom is -0.508 e. The van der Waals surface area contributed by atoms with E-state index in [-0.39, 0.29) is 5.76 Å². The molecule has 0 bridgehead atoms. The molecule has 0 atom stereocenters. The number of amides is 1. The van der Waals surface area contributed by atoms with Crippen LogP contribution in [0.15, 0.2) is 23.0 Å². The van der Waals surface area contributed by atoms with Gasteiger partial charge in [0.1, 0.15) is 5.76 Å². The highest BCUT2D eigenvalue weighted by Crippen LogP contribution is 2.24. The fourth-order valence-electron chi connectivity index (χ4n) is 1.31. The molecule has 0 heterocycles. The van der Waals surface area contributed by atoms with Crippen LogP contribution in [0.25, 0.3) is 0 Å². The molecule has 0 aromatic rings. The fraction of sp³-hybridized carbons (Fsp3) is 0.444. The van der Waals surface area contributed by atoms with E-state index in [0.29, 0.717) is 12.0 Å². The number of aliphatic hydroxyl groups excluding tert-OH is 1. The standard InChI is InChI=1S/C9H13NO2/c1-2-6-3-4-7(9(10)12)5-8(6)11/h5,11H,2-4H2,1H3,(H2,10,12). The van der Waals surface area contributed by atoms with Gasteiger partial charge in [-0.3, -0.25) is 4.79 Å². The lowest BCUT2D eigenvalue weighted by Gasteiger charge is -2.13. The molecule has 3 nitrogen and oxygen atoms in total. The summed E-state index contributed by atoms with van der Waals surface area (Å²) >= 11 is 0. The second-order valence-electron chi connectivity index (χ2n) is 2.88. The molecule has 12 heavy (non-hydrogen) atoms. The molecule has 0 spiro atoms. The van der Waals surface area contributed by atoms with Crippen LogP contribution in [-0.2, 0) is 4.79 Å². The summed E-state index contributed by atoms with van der Waals surface area (Å²) in [6.07, 6.45) is 3.71. The molecule has 0 aromatic carbocycles. The van der Waals surface area contributed by atoms with Gasteiger partial charge < -0.3 is 10.8 Å². The van der Waals surface area contributed by atoms with Crippen molar-refractivity contribution in [3.63, 3.8) is 0 Å². The summed E-state index contributed by atoms with van der Waals surface area (Å²) in [7, 11) is 0. The van der Waals surface area contributed by atoms with E-state index >= 15 is 0 Å². The molecule has 66 valence electrons.